The fourth-order valence-corrected chi connectivity index (χ4v) is 4.78. The number of carbonyl (C=O) groups is 5. The van der Waals surface area contributed by atoms with Crippen molar-refractivity contribution in [2.24, 2.45) is 0 Å². The molecule has 1 unspecified atom stereocenters. The van der Waals surface area contributed by atoms with Crippen LogP contribution in [0.1, 0.15) is 96.8 Å². The van der Waals surface area contributed by atoms with Crippen molar-refractivity contribution in [2.75, 3.05) is 0 Å². The summed E-state index contributed by atoms with van der Waals surface area (Å²) in [6, 6.07) is 0. The van der Waals surface area contributed by atoms with Crippen LogP contribution in [0.25, 0.3) is 0 Å². The summed E-state index contributed by atoms with van der Waals surface area (Å²) in [7, 11) is -5.53. The van der Waals surface area contributed by atoms with Crippen molar-refractivity contribution in [3.63, 3.8) is 0 Å². The molecule has 0 bridgehead atoms. The van der Waals surface area contributed by atoms with Crippen molar-refractivity contribution in [3.05, 3.63) is 0 Å². The third kappa shape index (κ3) is 10.9. The summed E-state index contributed by atoms with van der Waals surface area (Å²) in [4.78, 5) is 58.4. The molecule has 0 aliphatic heterocycles. The van der Waals surface area contributed by atoms with Crippen LogP contribution in [0.5, 0.6) is 0 Å². The molecule has 0 fully saturated rings. The Morgan fingerprint density at radius 1 is 0.667 bits per heavy atom. The number of ether oxygens (including phenoxy) is 1. The normalized spacial score (nSPS) is 13.5. The fourth-order valence-electron chi connectivity index (χ4n) is 3.82. The molecule has 0 radical (unpaired) electrons. The van der Waals surface area contributed by atoms with Crippen LogP contribution in [0, 0.1) is 0 Å². The van der Waals surface area contributed by atoms with Crippen molar-refractivity contribution < 1.29 is 62.1 Å². The van der Waals surface area contributed by atoms with Gasteiger partial charge in [-0.05, 0) is 6.42 Å². The van der Waals surface area contributed by atoms with E-state index in [9.17, 15) is 47.2 Å². The summed E-state index contributed by atoms with van der Waals surface area (Å²) in [5.41, 5.74) is -3.24. The van der Waals surface area contributed by atoms with Gasteiger partial charge in [-0.15, -0.1) is 0 Å². The van der Waals surface area contributed by atoms with E-state index in [1.165, 1.54) is 0 Å². The lowest BCUT2D eigenvalue weighted by molar-refractivity contribution is -0.188. The van der Waals surface area contributed by atoms with E-state index in [2.05, 4.69) is 11.7 Å². The second-order valence-electron chi connectivity index (χ2n) is 8.80. The minimum atomic E-state index is -5.53. The first-order chi connectivity index (χ1) is 16.6. The molecule has 0 aliphatic carbocycles. The summed E-state index contributed by atoms with van der Waals surface area (Å²) in [6.07, 6.45) is 2.79. The molecule has 0 rings (SSSR count). The molecule has 0 heterocycles. The Morgan fingerprint density at radius 3 is 1.39 bits per heavy atom. The van der Waals surface area contributed by atoms with Crippen molar-refractivity contribution in [1.82, 2.24) is 0 Å². The zero-order chi connectivity index (χ0) is 28.0. The zero-order valence-corrected chi connectivity index (χ0v) is 21.1. The highest BCUT2D eigenvalue weighted by Crippen LogP contribution is 2.34. The van der Waals surface area contributed by atoms with E-state index >= 15 is 0 Å². The van der Waals surface area contributed by atoms with E-state index in [0.29, 0.717) is 12.8 Å². The minimum absolute atomic E-state index is 0.0596. The highest BCUT2D eigenvalue weighted by molar-refractivity contribution is 7.88. The first-order valence-corrected chi connectivity index (χ1v) is 13.2. The number of hydrogen-bond donors (Lipinski definition) is 5. The monoisotopic (exact) mass is 540 g/mol. The Bertz CT molecular complexity index is 864. The molecule has 14 heteroatoms. The van der Waals surface area contributed by atoms with Gasteiger partial charge >= 0.3 is 29.8 Å². The Labute approximate surface area is 209 Å². The maximum absolute atomic E-state index is 12.9. The Morgan fingerprint density at radius 2 is 1.06 bits per heavy atom. The molecule has 0 amide bonds. The van der Waals surface area contributed by atoms with Crippen molar-refractivity contribution >= 4 is 40.0 Å². The largest absolute Gasteiger partial charge is 0.481 e. The maximum atomic E-state index is 12.9. The number of rotatable bonds is 21. The van der Waals surface area contributed by atoms with Crippen molar-refractivity contribution in [1.29, 1.82) is 0 Å². The molecule has 0 saturated carbocycles. The van der Waals surface area contributed by atoms with Crippen LogP contribution in [-0.2, 0) is 38.8 Å². The molecule has 5 N–H and O–H groups in total. The van der Waals surface area contributed by atoms with E-state index in [1.807, 2.05) is 0 Å². The van der Waals surface area contributed by atoms with Gasteiger partial charge in [0, 0.05) is 0 Å². The lowest BCUT2D eigenvalue weighted by Crippen LogP contribution is -2.55. The predicted octanol–water partition coefficient (Wildman–Crippen LogP) is 2.71. The van der Waals surface area contributed by atoms with Crippen LogP contribution in [0.4, 0.5) is 0 Å². The van der Waals surface area contributed by atoms with Gasteiger partial charge in [0.25, 0.3) is 10.1 Å². The molecular formula is C22H36O13S. The number of hydrogen-bond acceptors (Lipinski definition) is 8. The topological polar surface area (TPSA) is 230 Å². The second-order valence-corrected chi connectivity index (χ2v) is 10.5. The molecule has 36 heavy (non-hydrogen) atoms. The first-order valence-electron chi connectivity index (χ1n) is 11.7. The number of aliphatic carboxylic acids is 4. The second kappa shape index (κ2) is 15.4. The Hall–Kier alpha value is -2.74. The SMILES string of the molecule is CCCCCCCCCCCCC(CC(=O)O)(C(=O)OC(CC(=O)O)(CC(=O)O)C(=O)O)S(=O)(=O)O. The molecule has 0 spiro atoms. The zero-order valence-electron chi connectivity index (χ0n) is 20.3. The predicted molar refractivity (Wildman–Crippen MR) is 124 cm³/mol. The Balaban J connectivity index is 5.71. The molecule has 0 aromatic rings. The third-order valence-corrected chi connectivity index (χ3v) is 7.29. The Kier molecular flexibility index (Phi) is 14.2. The molecule has 1 atom stereocenters. The van der Waals surface area contributed by atoms with Crippen LogP contribution >= 0.6 is 0 Å². The first kappa shape index (κ1) is 33.3. The van der Waals surface area contributed by atoms with Gasteiger partial charge in [-0.2, -0.15) is 8.42 Å². The van der Waals surface area contributed by atoms with Crippen LogP contribution in [0.15, 0.2) is 0 Å². The lowest BCUT2D eigenvalue weighted by atomic mass is 9.92. The number of unbranched alkanes of at least 4 members (excludes halogenated alkanes) is 9. The van der Waals surface area contributed by atoms with Crippen LogP contribution in [0.2, 0.25) is 0 Å². The van der Waals surface area contributed by atoms with Gasteiger partial charge in [-0.25, -0.2) is 4.79 Å². The average Bonchev–Trinajstić information content (AvgIpc) is 2.71. The standard InChI is InChI=1S/C22H36O13S/c1-2-3-4-5-6-7-8-9-10-11-12-22(15-18(27)28,36(32,33)34)20(31)35-21(19(29)30,13-16(23)24)14-17(25)26/h2-15H2,1H3,(H,23,24)(H,25,26)(H,27,28)(H,29,30)(H,32,33,34). The van der Waals surface area contributed by atoms with Gasteiger partial charge in [0.2, 0.25) is 10.3 Å². The van der Waals surface area contributed by atoms with Gasteiger partial charge < -0.3 is 25.2 Å². The van der Waals surface area contributed by atoms with Crippen LogP contribution in [-0.4, -0.2) is 73.6 Å². The van der Waals surface area contributed by atoms with Gasteiger partial charge in [-0.1, -0.05) is 71.1 Å². The summed E-state index contributed by atoms with van der Waals surface area (Å²) >= 11 is 0. The molecule has 0 aliphatic rings. The number of esters is 1. The van der Waals surface area contributed by atoms with Gasteiger partial charge in [-0.3, -0.25) is 23.7 Å². The van der Waals surface area contributed by atoms with Crippen molar-refractivity contribution in [3.8, 4) is 0 Å². The van der Waals surface area contributed by atoms with E-state index in [-0.39, 0.29) is 6.42 Å². The molecule has 208 valence electrons. The van der Waals surface area contributed by atoms with Gasteiger partial charge in [0.15, 0.2) is 0 Å². The highest BCUT2D eigenvalue weighted by Gasteiger charge is 2.57. The number of carboxylic acids is 4. The van der Waals surface area contributed by atoms with E-state index < -0.39 is 76.0 Å². The summed E-state index contributed by atoms with van der Waals surface area (Å²) in [6.45, 7) is 2.10. The molecular weight excluding hydrogens is 504 g/mol. The van der Waals surface area contributed by atoms with E-state index in [4.69, 9.17) is 10.2 Å². The van der Waals surface area contributed by atoms with Crippen molar-refractivity contribution in [2.45, 2.75) is 107 Å². The van der Waals surface area contributed by atoms with E-state index in [1.54, 1.807) is 0 Å². The average molecular weight is 541 g/mol. The summed E-state index contributed by atoms with van der Waals surface area (Å²) in [5, 5.41) is 36.7. The highest BCUT2D eigenvalue weighted by atomic mass is 32.2. The lowest BCUT2D eigenvalue weighted by Gasteiger charge is -2.33. The number of carbonyl (C=O) groups excluding carboxylic acids is 1. The van der Waals surface area contributed by atoms with Crippen LogP contribution in [0.3, 0.4) is 0 Å². The smallest absolute Gasteiger partial charge is 0.349 e. The molecule has 0 aromatic heterocycles. The van der Waals surface area contributed by atoms with Gasteiger partial charge in [0.05, 0.1) is 19.3 Å². The summed E-state index contributed by atoms with van der Waals surface area (Å²) in [5.74, 6) is -9.84. The maximum Gasteiger partial charge on any atom is 0.349 e. The summed E-state index contributed by atoms with van der Waals surface area (Å²) < 4.78 is 35.8. The molecule has 0 aromatic carbocycles. The molecule has 13 nitrogen and oxygen atoms in total. The minimum Gasteiger partial charge on any atom is -0.481 e. The fraction of sp³-hybridized carbons (Fsp3) is 0.773. The number of carboxylic acid groups (broad SMARTS) is 4. The molecule has 0 saturated heterocycles. The third-order valence-electron chi connectivity index (χ3n) is 5.79. The van der Waals surface area contributed by atoms with E-state index in [0.717, 1.165) is 44.9 Å². The quantitative estimate of drug-likeness (QED) is 0.0801. The van der Waals surface area contributed by atoms with Crippen LogP contribution < -0.4 is 0 Å². The van der Waals surface area contributed by atoms with Gasteiger partial charge in [0.1, 0.15) is 0 Å².